The lowest BCUT2D eigenvalue weighted by Gasteiger charge is -2.05. The SMILES string of the molecule is CCCCc1cc(Br)c(I)c(Br)c1. The predicted molar refractivity (Wildman–Crippen MR) is 73.2 cm³/mol. The first-order chi connectivity index (χ1) is 6.15. The highest BCUT2D eigenvalue weighted by Crippen LogP contribution is 2.29. The number of rotatable bonds is 3. The molecule has 0 bridgehead atoms. The third-order valence-corrected chi connectivity index (χ3v) is 5.76. The zero-order chi connectivity index (χ0) is 9.84. The van der Waals surface area contributed by atoms with Gasteiger partial charge < -0.3 is 0 Å². The summed E-state index contributed by atoms with van der Waals surface area (Å²) in [6.45, 7) is 2.22. The fourth-order valence-electron chi connectivity index (χ4n) is 1.13. The van der Waals surface area contributed by atoms with Gasteiger partial charge in [-0.25, -0.2) is 0 Å². The van der Waals surface area contributed by atoms with Gasteiger partial charge >= 0.3 is 0 Å². The quantitative estimate of drug-likeness (QED) is 0.471. The second-order valence-electron chi connectivity index (χ2n) is 2.98. The zero-order valence-electron chi connectivity index (χ0n) is 7.41. The molecule has 0 aliphatic carbocycles. The van der Waals surface area contributed by atoms with E-state index >= 15 is 0 Å². The van der Waals surface area contributed by atoms with Crippen LogP contribution in [0, 0.1) is 3.57 Å². The van der Waals surface area contributed by atoms with Crippen LogP contribution in [0.15, 0.2) is 21.1 Å². The molecule has 1 aromatic carbocycles. The Balaban J connectivity index is 2.86. The van der Waals surface area contributed by atoms with Gasteiger partial charge in [0.15, 0.2) is 0 Å². The summed E-state index contributed by atoms with van der Waals surface area (Å²) in [7, 11) is 0. The topological polar surface area (TPSA) is 0 Å². The molecular weight excluding hydrogens is 407 g/mol. The number of hydrogen-bond acceptors (Lipinski definition) is 0. The molecule has 1 aromatic rings. The lowest BCUT2D eigenvalue weighted by Crippen LogP contribution is -1.87. The van der Waals surface area contributed by atoms with E-state index in [9.17, 15) is 0 Å². The number of benzene rings is 1. The van der Waals surface area contributed by atoms with Crippen molar-refractivity contribution in [2.75, 3.05) is 0 Å². The summed E-state index contributed by atoms with van der Waals surface area (Å²) >= 11 is 9.43. The van der Waals surface area contributed by atoms with Crippen LogP contribution in [0.25, 0.3) is 0 Å². The Hall–Kier alpha value is 0.910. The fourth-order valence-corrected chi connectivity index (χ4v) is 2.73. The first-order valence-electron chi connectivity index (χ1n) is 4.28. The predicted octanol–water partition coefficient (Wildman–Crippen LogP) is 5.16. The molecule has 0 spiro atoms. The van der Waals surface area contributed by atoms with E-state index in [0.29, 0.717) is 0 Å². The van der Waals surface area contributed by atoms with Crippen molar-refractivity contribution in [3.8, 4) is 0 Å². The minimum atomic E-state index is 1.17. The van der Waals surface area contributed by atoms with E-state index in [1.807, 2.05) is 0 Å². The van der Waals surface area contributed by atoms with Gasteiger partial charge in [-0.15, -0.1) is 0 Å². The van der Waals surface area contributed by atoms with E-state index in [1.165, 1.54) is 37.3 Å². The lowest BCUT2D eigenvalue weighted by molar-refractivity contribution is 0.794. The van der Waals surface area contributed by atoms with Crippen LogP contribution in [0.1, 0.15) is 25.3 Å². The van der Waals surface area contributed by atoms with Crippen LogP contribution >= 0.6 is 54.5 Å². The third kappa shape index (κ3) is 3.51. The smallest absolute Gasteiger partial charge is 0.0414 e. The third-order valence-electron chi connectivity index (χ3n) is 1.86. The summed E-state index contributed by atoms with van der Waals surface area (Å²) in [5.74, 6) is 0. The summed E-state index contributed by atoms with van der Waals surface area (Å²) in [6, 6.07) is 4.42. The molecule has 0 unspecified atom stereocenters. The summed E-state index contributed by atoms with van der Waals surface area (Å²) in [6.07, 6.45) is 3.69. The van der Waals surface area contributed by atoms with Gasteiger partial charge in [0, 0.05) is 12.5 Å². The van der Waals surface area contributed by atoms with Crippen molar-refractivity contribution < 1.29 is 0 Å². The van der Waals surface area contributed by atoms with Crippen LogP contribution in [0.2, 0.25) is 0 Å². The molecule has 0 aromatic heterocycles. The maximum Gasteiger partial charge on any atom is 0.0414 e. The minimum Gasteiger partial charge on any atom is -0.0654 e. The summed E-state index contributed by atoms with van der Waals surface area (Å²) < 4.78 is 3.63. The second-order valence-corrected chi connectivity index (χ2v) is 5.76. The van der Waals surface area contributed by atoms with Gasteiger partial charge in [-0.1, -0.05) is 13.3 Å². The van der Waals surface area contributed by atoms with Crippen LogP contribution < -0.4 is 0 Å². The molecule has 0 heterocycles. The number of unbranched alkanes of at least 4 members (excludes halogenated alkanes) is 1. The molecule has 13 heavy (non-hydrogen) atoms. The molecule has 0 fully saturated rings. The van der Waals surface area contributed by atoms with E-state index in [0.717, 1.165) is 0 Å². The maximum atomic E-state index is 3.55. The molecule has 0 saturated heterocycles. The van der Waals surface area contributed by atoms with Gasteiger partial charge in [0.05, 0.1) is 0 Å². The van der Waals surface area contributed by atoms with Crippen LogP contribution in [0.3, 0.4) is 0 Å². The molecule has 0 nitrogen and oxygen atoms in total. The Morgan fingerprint density at radius 2 is 1.77 bits per heavy atom. The molecule has 0 atom stereocenters. The van der Waals surface area contributed by atoms with Crippen molar-refractivity contribution in [1.29, 1.82) is 0 Å². The first-order valence-corrected chi connectivity index (χ1v) is 6.95. The maximum absolute atomic E-state index is 3.55. The Morgan fingerprint density at radius 3 is 2.23 bits per heavy atom. The van der Waals surface area contributed by atoms with Gasteiger partial charge in [-0.3, -0.25) is 0 Å². The standard InChI is InChI=1S/C10H11Br2I/c1-2-3-4-7-5-8(11)10(13)9(12)6-7/h5-6H,2-4H2,1H3. The molecule has 0 radical (unpaired) electrons. The monoisotopic (exact) mass is 416 g/mol. The zero-order valence-corrected chi connectivity index (χ0v) is 12.7. The van der Waals surface area contributed by atoms with Gasteiger partial charge in [-0.2, -0.15) is 0 Å². The largest absolute Gasteiger partial charge is 0.0654 e. The molecule has 72 valence electrons. The summed E-state index contributed by atoms with van der Waals surface area (Å²) in [4.78, 5) is 0. The minimum absolute atomic E-state index is 1.17. The van der Waals surface area contributed by atoms with E-state index in [4.69, 9.17) is 0 Å². The molecule has 0 amide bonds. The Kier molecular flexibility index (Phi) is 5.26. The number of hydrogen-bond donors (Lipinski definition) is 0. The number of halogens is 3. The van der Waals surface area contributed by atoms with Crippen molar-refractivity contribution in [2.45, 2.75) is 26.2 Å². The average molecular weight is 418 g/mol. The van der Waals surface area contributed by atoms with Gasteiger partial charge in [0.2, 0.25) is 0 Å². The van der Waals surface area contributed by atoms with Crippen LogP contribution in [0.4, 0.5) is 0 Å². The molecule has 0 saturated carbocycles. The lowest BCUT2D eigenvalue weighted by atomic mass is 10.1. The van der Waals surface area contributed by atoms with Crippen LogP contribution in [-0.4, -0.2) is 0 Å². The van der Waals surface area contributed by atoms with Crippen molar-refractivity contribution >= 4 is 54.5 Å². The molecule has 1 rings (SSSR count). The Morgan fingerprint density at radius 1 is 1.23 bits per heavy atom. The average Bonchev–Trinajstić information content (AvgIpc) is 2.10. The van der Waals surface area contributed by atoms with Gasteiger partial charge in [0.1, 0.15) is 0 Å². The molecular formula is C10H11Br2I. The van der Waals surface area contributed by atoms with Crippen molar-refractivity contribution in [3.63, 3.8) is 0 Å². The highest BCUT2D eigenvalue weighted by molar-refractivity contribution is 14.1. The molecule has 0 aliphatic heterocycles. The van der Waals surface area contributed by atoms with Crippen LogP contribution in [-0.2, 0) is 6.42 Å². The first kappa shape index (κ1) is 12.0. The normalized spacial score (nSPS) is 10.5. The van der Waals surface area contributed by atoms with Crippen molar-refractivity contribution in [1.82, 2.24) is 0 Å². The van der Waals surface area contributed by atoms with E-state index in [-0.39, 0.29) is 0 Å². The summed E-state index contributed by atoms with van der Waals surface area (Å²) in [5.41, 5.74) is 1.40. The Bertz CT molecular complexity index is 274. The molecule has 3 heteroatoms. The van der Waals surface area contributed by atoms with Gasteiger partial charge in [0.25, 0.3) is 0 Å². The highest BCUT2D eigenvalue weighted by Gasteiger charge is 2.03. The fraction of sp³-hybridized carbons (Fsp3) is 0.400. The van der Waals surface area contributed by atoms with Crippen molar-refractivity contribution in [2.24, 2.45) is 0 Å². The number of aryl methyl sites for hydroxylation is 1. The van der Waals surface area contributed by atoms with Crippen LogP contribution in [0.5, 0.6) is 0 Å². The Labute approximate surface area is 110 Å². The summed E-state index contributed by atoms with van der Waals surface area (Å²) in [5, 5.41) is 0. The van der Waals surface area contributed by atoms with E-state index in [2.05, 4.69) is 73.5 Å². The van der Waals surface area contributed by atoms with E-state index in [1.54, 1.807) is 0 Å². The highest BCUT2D eigenvalue weighted by atomic mass is 127. The van der Waals surface area contributed by atoms with Crippen molar-refractivity contribution in [3.05, 3.63) is 30.2 Å². The molecule has 0 N–H and O–H groups in total. The van der Waals surface area contributed by atoms with E-state index < -0.39 is 0 Å². The second kappa shape index (κ2) is 5.71. The van der Waals surface area contributed by atoms with Gasteiger partial charge in [-0.05, 0) is 85.0 Å². The molecule has 0 aliphatic rings.